The molecule has 178 valence electrons. The van der Waals surface area contributed by atoms with E-state index in [2.05, 4.69) is 21.8 Å². The molecule has 0 fully saturated rings. The average Bonchev–Trinajstić information content (AvgIpc) is 3.21. The van der Waals surface area contributed by atoms with Crippen LogP contribution in [0.1, 0.15) is 29.0 Å². The summed E-state index contributed by atoms with van der Waals surface area (Å²) in [6.45, 7) is 0.345. The number of nitrogens with two attached hydrogens (primary N) is 1. The van der Waals surface area contributed by atoms with Gasteiger partial charge in [0, 0.05) is 36.8 Å². The third kappa shape index (κ3) is 6.28. The topological polar surface area (TPSA) is 99.2 Å². The van der Waals surface area contributed by atoms with Gasteiger partial charge >= 0.3 is 0 Å². The van der Waals surface area contributed by atoms with E-state index in [1.54, 1.807) is 11.6 Å². The zero-order valence-corrected chi connectivity index (χ0v) is 20.7. The van der Waals surface area contributed by atoms with Crippen molar-refractivity contribution in [2.45, 2.75) is 36.2 Å². The summed E-state index contributed by atoms with van der Waals surface area (Å²) in [7, 11) is -1.93. The van der Waals surface area contributed by atoms with Crippen LogP contribution in [0.25, 0.3) is 0 Å². The Morgan fingerprint density at radius 2 is 2.09 bits per heavy atom. The number of fused-ring (bicyclic) bond motifs is 1. The molecule has 1 aliphatic carbocycles. The molecule has 0 saturated heterocycles. The Labute approximate surface area is 205 Å². The van der Waals surface area contributed by atoms with Crippen LogP contribution in [-0.2, 0) is 29.9 Å². The van der Waals surface area contributed by atoms with Crippen LogP contribution >= 0.6 is 24.0 Å². The summed E-state index contributed by atoms with van der Waals surface area (Å²) in [4.78, 5) is 3.88. The lowest BCUT2D eigenvalue weighted by molar-refractivity contribution is 0.321. The van der Waals surface area contributed by atoms with Gasteiger partial charge in [0.1, 0.15) is 12.4 Å². The highest BCUT2D eigenvalue weighted by Crippen LogP contribution is 2.36. The number of aromatic nitrogens is 2. The number of imidazole rings is 1. The first-order valence-electron chi connectivity index (χ1n) is 10.5. The fraction of sp³-hybridized carbons (Fsp3) is 0.348. The fourth-order valence-corrected chi connectivity index (χ4v) is 5.32. The average molecular weight is 511 g/mol. The van der Waals surface area contributed by atoms with Gasteiger partial charge in [-0.2, -0.15) is 0 Å². The Hall–Kier alpha value is -2.10. The van der Waals surface area contributed by atoms with E-state index in [4.69, 9.17) is 22.1 Å². The first-order valence-corrected chi connectivity index (χ1v) is 12.4. The highest BCUT2D eigenvalue weighted by atomic mass is 35.5. The maximum absolute atomic E-state index is 12.3. The highest BCUT2D eigenvalue weighted by molar-refractivity contribution is 7.89. The molecular weight excluding hydrogens is 483 g/mol. The molecule has 0 amide bonds. The number of ether oxygens (including phenoxy) is 1. The van der Waals surface area contributed by atoms with Crippen molar-refractivity contribution in [3.8, 4) is 5.75 Å². The highest BCUT2D eigenvalue weighted by Gasteiger charge is 2.27. The Kier molecular flexibility index (Phi) is 8.42. The molecule has 0 aliphatic heterocycles. The predicted octanol–water partition coefficient (Wildman–Crippen LogP) is 3.45. The molecular formula is C23H28Cl2N4O3S. The quantitative estimate of drug-likeness (QED) is 0.452. The smallest absolute Gasteiger partial charge is 0.259 e. The minimum atomic E-state index is -3.65. The molecule has 3 aromatic rings. The summed E-state index contributed by atoms with van der Waals surface area (Å²) in [6, 6.07) is 14.0. The second kappa shape index (κ2) is 10.9. The van der Waals surface area contributed by atoms with Crippen LogP contribution in [0, 0.1) is 0 Å². The van der Waals surface area contributed by atoms with Crippen LogP contribution in [0.3, 0.4) is 0 Å². The van der Waals surface area contributed by atoms with Crippen LogP contribution < -0.4 is 15.2 Å². The zero-order valence-electron chi connectivity index (χ0n) is 18.3. The number of sulfonamides is 1. The molecule has 1 aliphatic rings. The Morgan fingerprint density at radius 3 is 2.82 bits per heavy atom. The van der Waals surface area contributed by atoms with Crippen molar-refractivity contribution in [1.82, 2.24) is 14.3 Å². The molecule has 3 N–H and O–H groups in total. The molecule has 0 radical (unpaired) electrons. The summed E-state index contributed by atoms with van der Waals surface area (Å²) in [5.41, 5.74) is 10.1. The minimum Gasteiger partial charge on any atom is -0.492 e. The van der Waals surface area contributed by atoms with E-state index in [1.165, 1.54) is 23.7 Å². The lowest BCUT2D eigenvalue weighted by atomic mass is 9.76. The van der Waals surface area contributed by atoms with Gasteiger partial charge in [-0.1, -0.05) is 29.8 Å². The van der Waals surface area contributed by atoms with E-state index in [1.807, 2.05) is 30.3 Å². The molecule has 33 heavy (non-hydrogen) atoms. The Bertz CT molecular complexity index is 1200. The molecule has 1 aromatic heterocycles. The lowest BCUT2D eigenvalue weighted by Crippen LogP contribution is -2.34. The minimum absolute atomic E-state index is 0. The van der Waals surface area contributed by atoms with Crippen molar-refractivity contribution in [2.75, 3.05) is 13.2 Å². The third-order valence-corrected chi connectivity index (χ3v) is 7.33. The van der Waals surface area contributed by atoms with Gasteiger partial charge in [-0.3, -0.25) is 0 Å². The molecule has 0 spiro atoms. The number of halogens is 2. The van der Waals surface area contributed by atoms with E-state index in [0.29, 0.717) is 5.75 Å². The van der Waals surface area contributed by atoms with Crippen LogP contribution in [0.15, 0.2) is 60.0 Å². The monoisotopic (exact) mass is 510 g/mol. The number of hydrogen-bond acceptors (Lipinski definition) is 5. The molecule has 0 bridgehead atoms. The van der Waals surface area contributed by atoms with E-state index < -0.39 is 10.0 Å². The largest absolute Gasteiger partial charge is 0.492 e. The molecule has 7 nitrogen and oxygen atoms in total. The second-order valence-corrected chi connectivity index (χ2v) is 10.3. The number of hydrogen-bond donors (Lipinski definition) is 2. The molecule has 2 atom stereocenters. The van der Waals surface area contributed by atoms with E-state index in [-0.39, 0.29) is 42.5 Å². The van der Waals surface area contributed by atoms with Gasteiger partial charge in [0.15, 0.2) is 5.03 Å². The molecule has 1 heterocycles. The van der Waals surface area contributed by atoms with Crippen molar-refractivity contribution in [3.05, 3.63) is 76.7 Å². The molecule has 4 rings (SSSR count). The summed E-state index contributed by atoms with van der Waals surface area (Å²) < 4.78 is 34.5. The van der Waals surface area contributed by atoms with Gasteiger partial charge in [-0.05, 0) is 60.2 Å². The summed E-state index contributed by atoms with van der Waals surface area (Å²) in [5, 5.41) is 0.712. The first-order chi connectivity index (χ1) is 15.3. The molecule has 0 saturated carbocycles. The van der Waals surface area contributed by atoms with Crippen molar-refractivity contribution in [2.24, 2.45) is 12.8 Å². The Balaban J connectivity index is 0.00000306. The van der Waals surface area contributed by atoms with Crippen molar-refractivity contribution in [3.63, 3.8) is 0 Å². The number of nitrogens with zero attached hydrogens (tertiary/aromatic N) is 2. The number of aryl methyl sites for hydroxylation is 2. The van der Waals surface area contributed by atoms with Gasteiger partial charge in [-0.15, -0.1) is 12.4 Å². The van der Waals surface area contributed by atoms with Gasteiger partial charge in [0.05, 0.1) is 6.33 Å². The maximum Gasteiger partial charge on any atom is 0.259 e. The normalized spacial score (nSPS) is 17.8. The summed E-state index contributed by atoms with van der Waals surface area (Å²) >= 11 is 6.16. The van der Waals surface area contributed by atoms with Crippen LogP contribution in [0.4, 0.5) is 0 Å². The van der Waals surface area contributed by atoms with Gasteiger partial charge in [0.25, 0.3) is 10.0 Å². The van der Waals surface area contributed by atoms with E-state index in [0.717, 1.165) is 29.8 Å². The van der Waals surface area contributed by atoms with Crippen molar-refractivity contribution in [1.29, 1.82) is 0 Å². The standard InChI is InChI=1S/C23H27ClN4O3S.ClH/c1-28-14-23(26-15-28)32(29,30)27-9-10-31-19-7-5-17-6-8-22(25)21(20(17)13-19)12-16-3-2-4-18(24)11-16;/h2-5,7,11,13-15,21-22,27H,6,8-10,12,25H2,1H3;1H. The predicted molar refractivity (Wildman–Crippen MR) is 132 cm³/mol. The summed E-state index contributed by atoms with van der Waals surface area (Å²) in [5.74, 6) is 0.870. The summed E-state index contributed by atoms with van der Waals surface area (Å²) in [6.07, 6.45) is 5.58. The number of nitrogens with one attached hydrogen (secondary N) is 1. The van der Waals surface area contributed by atoms with Gasteiger partial charge in [-0.25, -0.2) is 18.1 Å². The van der Waals surface area contributed by atoms with Crippen LogP contribution in [0.2, 0.25) is 5.02 Å². The fourth-order valence-electron chi connectivity index (χ4n) is 4.12. The number of rotatable bonds is 8. The van der Waals surface area contributed by atoms with Crippen molar-refractivity contribution < 1.29 is 13.2 Å². The third-order valence-electron chi connectivity index (χ3n) is 5.74. The SMILES string of the molecule is Cl.Cn1cnc(S(=O)(=O)NCCOc2ccc3c(c2)C(Cc2cccc(Cl)c2)C(N)CC3)c1. The molecule has 2 unspecified atom stereocenters. The second-order valence-electron chi connectivity index (χ2n) is 8.13. The lowest BCUT2D eigenvalue weighted by Gasteiger charge is -2.32. The maximum atomic E-state index is 12.3. The van der Waals surface area contributed by atoms with Gasteiger partial charge in [0.2, 0.25) is 0 Å². The Morgan fingerprint density at radius 1 is 1.27 bits per heavy atom. The van der Waals surface area contributed by atoms with E-state index >= 15 is 0 Å². The first kappa shape index (κ1) is 25.5. The van der Waals surface area contributed by atoms with Crippen LogP contribution in [-0.4, -0.2) is 37.2 Å². The van der Waals surface area contributed by atoms with E-state index in [9.17, 15) is 8.42 Å². The zero-order chi connectivity index (χ0) is 22.7. The van der Waals surface area contributed by atoms with Crippen molar-refractivity contribution >= 4 is 34.0 Å². The molecule has 10 heteroatoms. The van der Waals surface area contributed by atoms with Gasteiger partial charge < -0.3 is 15.0 Å². The van der Waals surface area contributed by atoms with Crippen LogP contribution in [0.5, 0.6) is 5.75 Å². The number of benzene rings is 2. The molecule has 2 aromatic carbocycles.